The number of benzene rings is 2. The van der Waals surface area contributed by atoms with Gasteiger partial charge in [0.1, 0.15) is 11.4 Å². The molecule has 2 aromatic carbocycles. The summed E-state index contributed by atoms with van der Waals surface area (Å²) in [5, 5.41) is 11.2. The van der Waals surface area contributed by atoms with E-state index in [9.17, 15) is 28.1 Å². The molecule has 1 aliphatic heterocycles. The maximum absolute atomic E-state index is 13.2. The van der Waals surface area contributed by atoms with Gasteiger partial charge in [-0.2, -0.15) is 13.2 Å². The molecule has 1 amide bonds. The lowest BCUT2D eigenvalue weighted by Gasteiger charge is -2.36. The van der Waals surface area contributed by atoms with Gasteiger partial charge in [0.15, 0.2) is 0 Å². The Labute approximate surface area is 183 Å². The Balaban J connectivity index is 1.75. The minimum Gasteiger partial charge on any atom is -0.487 e. The average Bonchev–Trinajstić information content (AvgIpc) is 2.72. The topological polar surface area (TPSA) is 75.9 Å². The molecule has 1 aliphatic rings. The molecule has 0 unspecified atom stereocenters. The van der Waals surface area contributed by atoms with Gasteiger partial charge in [-0.15, -0.1) is 0 Å². The van der Waals surface area contributed by atoms with Crippen molar-refractivity contribution in [3.8, 4) is 5.75 Å². The molecule has 7 nitrogen and oxygen atoms in total. The number of nitro benzene ring substituents is 1. The van der Waals surface area contributed by atoms with Crippen molar-refractivity contribution in [2.75, 3.05) is 31.1 Å². The number of anilines is 1. The van der Waals surface area contributed by atoms with Crippen LogP contribution in [0.25, 0.3) is 0 Å². The number of nitrogens with zero attached hydrogens (tertiary/aromatic N) is 3. The fourth-order valence-corrected chi connectivity index (χ4v) is 3.42. The molecule has 1 saturated heterocycles. The van der Waals surface area contributed by atoms with E-state index in [1.165, 1.54) is 30.3 Å². The summed E-state index contributed by atoms with van der Waals surface area (Å²) in [6.45, 7) is 6.90. The molecule has 0 saturated carbocycles. The van der Waals surface area contributed by atoms with Crippen LogP contribution >= 0.6 is 0 Å². The number of piperazine rings is 1. The Morgan fingerprint density at radius 3 is 2.09 bits per heavy atom. The largest absolute Gasteiger partial charge is 0.487 e. The number of hydrogen-bond donors (Lipinski definition) is 0. The number of alkyl halides is 3. The molecular formula is C22H24F3N3O4. The highest BCUT2D eigenvalue weighted by molar-refractivity contribution is 5.97. The number of hydrogen-bond acceptors (Lipinski definition) is 5. The standard InChI is InChI=1S/C22H24F3N3O4/c1-21(2,3)32-19-9-8-17(28(30)31)14-18(19)20(29)27-12-10-26(11-13-27)16-6-4-15(5-7-16)22(23,24)25/h4-9,14H,10-13H2,1-3H3. The van der Waals surface area contributed by atoms with Gasteiger partial charge in [-0.1, -0.05) is 0 Å². The van der Waals surface area contributed by atoms with Crippen molar-refractivity contribution < 1.29 is 27.6 Å². The van der Waals surface area contributed by atoms with Gasteiger partial charge in [0.25, 0.3) is 11.6 Å². The van der Waals surface area contributed by atoms with Crippen LogP contribution in [0.3, 0.4) is 0 Å². The quantitative estimate of drug-likeness (QED) is 0.495. The van der Waals surface area contributed by atoms with Crippen LogP contribution < -0.4 is 9.64 Å². The fraction of sp³-hybridized carbons (Fsp3) is 0.409. The second kappa shape index (κ2) is 8.68. The van der Waals surface area contributed by atoms with Gasteiger partial charge in [-0.25, -0.2) is 0 Å². The van der Waals surface area contributed by atoms with E-state index in [1.54, 1.807) is 4.90 Å². The Kier molecular flexibility index (Phi) is 6.34. The molecule has 0 aromatic heterocycles. The van der Waals surface area contributed by atoms with Gasteiger partial charge < -0.3 is 14.5 Å². The van der Waals surface area contributed by atoms with E-state index in [-0.39, 0.29) is 22.9 Å². The molecule has 0 N–H and O–H groups in total. The van der Waals surface area contributed by atoms with Gasteiger partial charge in [0.2, 0.25) is 0 Å². The van der Waals surface area contributed by atoms with Crippen molar-refractivity contribution in [2.24, 2.45) is 0 Å². The molecule has 0 aliphatic carbocycles. The molecule has 0 radical (unpaired) electrons. The summed E-state index contributed by atoms with van der Waals surface area (Å²) < 4.78 is 44.1. The van der Waals surface area contributed by atoms with E-state index in [4.69, 9.17) is 4.74 Å². The number of amides is 1. The molecule has 10 heteroatoms. The van der Waals surface area contributed by atoms with Gasteiger partial charge >= 0.3 is 6.18 Å². The highest BCUT2D eigenvalue weighted by Crippen LogP contribution is 2.32. The number of carbonyl (C=O) groups is 1. The lowest BCUT2D eigenvalue weighted by Crippen LogP contribution is -2.49. The van der Waals surface area contributed by atoms with Crippen LogP contribution in [0.15, 0.2) is 42.5 Å². The zero-order chi connectivity index (χ0) is 23.7. The highest BCUT2D eigenvalue weighted by atomic mass is 19.4. The lowest BCUT2D eigenvalue weighted by atomic mass is 10.1. The Hall–Kier alpha value is -3.30. The molecule has 1 heterocycles. The van der Waals surface area contributed by atoms with Crippen molar-refractivity contribution in [1.29, 1.82) is 0 Å². The van der Waals surface area contributed by atoms with E-state index in [2.05, 4.69) is 0 Å². The normalized spacial score (nSPS) is 14.9. The third kappa shape index (κ3) is 5.49. The van der Waals surface area contributed by atoms with Gasteiger partial charge in [-0.05, 0) is 51.1 Å². The summed E-state index contributed by atoms with van der Waals surface area (Å²) in [5.41, 5.74) is -0.786. The molecule has 0 atom stereocenters. The van der Waals surface area contributed by atoms with Crippen LogP contribution in [0.2, 0.25) is 0 Å². The number of halogens is 3. The Bertz CT molecular complexity index is 993. The third-order valence-electron chi connectivity index (χ3n) is 4.95. The van der Waals surface area contributed by atoms with Crippen LogP contribution in [0, 0.1) is 10.1 Å². The SMILES string of the molecule is CC(C)(C)Oc1ccc([N+](=O)[O-])cc1C(=O)N1CCN(c2ccc(C(F)(F)F)cc2)CC1. The van der Waals surface area contributed by atoms with Crippen molar-refractivity contribution >= 4 is 17.3 Å². The summed E-state index contributed by atoms with van der Waals surface area (Å²) >= 11 is 0. The predicted molar refractivity (Wildman–Crippen MR) is 113 cm³/mol. The van der Waals surface area contributed by atoms with Crippen molar-refractivity contribution in [2.45, 2.75) is 32.5 Å². The minimum absolute atomic E-state index is 0.108. The van der Waals surface area contributed by atoms with Gasteiger partial charge in [0.05, 0.1) is 16.1 Å². The van der Waals surface area contributed by atoms with Crippen LogP contribution in [0.4, 0.5) is 24.5 Å². The summed E-state index contributed by atoms with van der Waals surface area (Å²) in [5.74, 6) is -0.127. The second-order valence-electron chi connectivity index (χ2n) is 8.48. The van der Waals surface area contributed by atoms with Crippen LogP contribution in [0.1, 0.15) is 36.7 Å². The van der Waals surface area contributed by atoms with Crippen LogP contribution in [-0.2, 0) is 6.18 Å². The number of non-ortho nitro benzene ring substituents is 1. The van der Waals surface area contributed by atoms with Crippen molar-refractivity contribution in [3.63, 3.8) is 0 Å². The van der Waals surface area contributed by atoms with Gasteiger partial charge in [0, 0.05) is 44.0 Å². The summed E-state index contributed by atoms with van der Waals surface area (Å²) in [6, 6.07) is 8.82. The van der Waals surface area contributed by atoms with E-state index < -0.39 is 22.3 Å². The maximum atomic E-state index is 13.2. The average molecular weight is 451 g/mol. The van der Waals surface area contributed by atoms with Gasteiger partial charge in [-0.3, -0.25) is 14.9 Å². The first-order chi connectivity index (χ1) is 14.8. The first-order valence-electron chi connectivity index (χ1n) is 10.0. The van der Waals surface area contributed by atoms with E-state index in [1.807, 2.05) is 25.7 Å². The summed E-state index contributed by atoms with van der Waals surface area (Å²) in [7, 11) is 0. The van der Waals surface area contributed by atoms with E-state index in [0.717, 1.165) is 12.1 Å². The molecule has 0 spiro atoms. The molecule has 1 fully saturated rings. The smallest absolute Gasteiger partial charge is 0.416 e. The molecule has 2 aromatic rings. The molecule has 0 bridgehead atoms. The lowest BCUT2D eigenvalue weighted by molar-refractivity contribution is -0.384. The first kappa shape index (κ1) is 23.4. The maximum Gasteiger partial charge on any atom is 0.416 e. The number of ether oxygens (including phenoxy) is 1. The number of rotatable bonds is 4. The summed E-state index contributed by atoms with van der Waals surface area (Å²) in [4.78, 5) is 27.2. The molecule has 172 valence electrons. The predicted octanol–water partition coefficient (Wildman–Crippen LogP) is 4.75. The summed E-state index contributed by atoms with van der Waals surface area (Å²) in [6.07, 6.45) is -4.39. The minimum atomic E-state index is -4.39. The Morgan fingerprint density at radius 1 is 1.00 bits per heavy atom. The Morgan fingerprint density at radius 2 is 1.59 bits per heavy atom. The van der Waals surface area contributed by atoms with E-state index >= 15 is 0 Å². The molecule has 3 rings (SSSR count). The first-order valence-corrected chi connectivity index (χ1v) is 10.0. The van der Waals surface area contributed by atoms with E-state index in [0.29, 0.717) is 31.9 Å². The highest BCUT2D eigenvalue weighted by Gasteiger charge is 2.31. The zero-order valence-electron chi connectivity index (χ0n) is 18.0. The molecule has 32 heavy (non-hydrogen) atoms. The third-order valence-corrected chi connectivity index (χ3v) is 4.95. The van der Waals surface area contributed by atoms with Crippen LogP contribution in [-0.4, -0.2) is 47.5 Å². The number of carbonyl (C=O) groups excluding carboxylic acids is 1. The zero-order valence-corrected chi connectivity index (χ0v) is 18.0. The number of nitro groups is 1. The fourth-order valence-electron chi connectivity index (χ4n) is 3.42. The monoisotopic (exact) mass is 451 g/mol. The molecular weight excluding hydrogens is 427 g/mol. The van der Waals surface area contributed by atoms with Crippen molar-refractivity contribution in [3.05, 3.63) is 63.7 Å². The van der Waals surface area contributed by atoms with Crippen molar-refractivity contribution in [1.82, 2.24) is 4.90 Å². The van der Waals surface area contributed by atoms with Crippen LogP contribution in [0.5, 0.6) is 5.75 Å². The second-order valence-corrected chi connectivity index (χ2v) is 8.48.